The Hall–Kier alpha value is -2.15. The predicted molar refractivity (Wildman–Crippen MR) is 69.2 cm³/mol. The molecular weight excluding hydrogens is 268 g/mol. The smallest absolute Gasteiger partial charge is 0.357 e. The third-order valence-corrected chi connectivity index (χ3v) is 3.47. The number of aromatic nitrogens is 2. The Bertz CT molecular complexity index is 645. The quantitative estimate of drug-likeness (QED) is 0.671. The third-order valence-electron chi connectivity index (χ3n) is 2.39. The maximum absolute atomic E-state index is 11.2. The molecule has 0 aliphatic carbocycles. The van der Waals surface area contributed by atoms with Gasteiger partial charge in [0.05, 0.1) is 23.3 Å². The van der Waals surface area contributed by atoms with Crippen LogP contribution in [0.25, 0.3) is 10.9 Å². The predicted octanol–water partition coefficient (Wildman–Crippen LogP) is 1.59. The molecule has 0 atom stereocenters. The van der Waals surface area contributed by atoms with Gasteiger partial charge in [-0.05, 0) is 6.07 Å². The summed E-state index contributed by atoms with van der Waals surface area (Å²) in [6.45, 7) is 0. The summed E-state index contributed by atoms with van der Waals surface area (Å²) in [5, 5.41) is 17.3. The Morgan fingerprint density at radius 3 is 2.74 bits per heavy atom. The minimum atomic E-state index is -1.18. The zero-order valence-electron chi connectivity index (χ0n) is 9.99. The number of esters is 1. The zero-order valence-corrected chi connectivity index (χ0v) is 10.8. The lowest BCUT2D eigenvalue weighted by Gasteiger charge is -2.07. The number of thioether (sulfide) groups is 1. The lowest BCUT2D eigenvalue weighted by Crippen LogP contribution is -2.08. The number of carboxylic acids is 1. The van der Waals surface area contributed by atoms with Gasteiger partial charge in [0.15, 0.2) is 5.69 Å². The van der Waals surface area contributed by atoms with E-state index in [1.807, 2.05) is 0 Å². The van der Waals surface area contributed by atoms with Gasteiger partial charge in [-0.1, -0.05) is 18.2 Å². The van der Waals surface area contributed by atoms with E-state index >= 15 is 0 Å². The number of ether oxygens (including phenoxy) is 1. The summed E-state index contributed by atoms with van der Waals surface area (Å²) in [6.07, 6.45) is 0. The van der Waals surface area contributed by atoms with Gasteiger partial charge in [0.25, 0.3) is 0 Å². The maximum atomic E-state index is 11.2. The normalized spacial score (nSPS) is 10.4. The maximum Gasteiger partial charge on any atom is 0.357 e. The van der Waals surface area contributed by atoms with Crippen molar-refractivity contribution in [1.82, 2.24) is 10.2 Å². The average Bonchev–Trinajstić information content (AvgIpc) is 2.43. The molecule has 6 nitrogen and oxygen atoms in total. The minimum absolute atomic E-state index is 0.0203. The number of hydrogen-bond acceptors (Lipinski definition) is 6. The number of rotatable bonds is 4. The highest BCUT2D eigenvalue weighted by Gasteiger charge is 2.18. The molecule has 0 saturated carbocycles. The molecule has 1 aromatic carbocycles. The Labute approximate surface area is 112 Å². The molecule has 0 unspecified atom stereocenters. The first kappa shape index (κ1) is 13.3. The average molecular weight is 278 g/mol. The summed E-state index contributed by atoms with van der Waals surface area (Å²) in [5.74, 6) is -1.58. The highest BCUT2D eigenvalue weighted by Crippen LogP contribution is 2.29. The molecular formula is C12H10N2O4S. The molecule has 0 aliphatic rings. The van der Waals surface area contributed by atoms with E-state index in [0.29, 0.717) is 15.8 Å². The van der Waals surface area contributed by atoms with Crippen LogP contribution in [0.15, 0.2) is 29.2 Å². The van der Waals surface area contributed by atoms with Crippen molar-refractivity contribution in [3.05, 3.63) is 30.0 Å². The molecule has 7 heteroatoms. The number of methoxy groups -OCH3 is 1. The van der Waals surface area contributed by atoms with Crippen LogP contribution in [0.2, 0.25) is 0 Å². The summed E-state index contributed by atoms with van der Waals surface area (Å²) < 4.78 is 4.54. The van der Waals surface area contributed by atoms with E-state index in [2.05, 4.69) is 14.9 Å². The van der Waals surface area contributed by atoms with Crippen LogP contribution in [0.4, 0.5) is 0 Å². The van der Waals surface area contributed by atoms with Gasteiger partial charge in [-0.25, -0.2) is 4.79 Å². The summed E-state index contributed by atoms with van der Waals surface area (Å²) in [4.78, 5) is 22.7. The number of nitrogens with zero attached hydrogens (tertiary/aromatic N) is 2. The van der Waals surface area contributed by atoms with Crippen molar-refractivity contribution in [1.29, 1.82) is 0 Å². The SMILES string of the molecule is COC(=O)CSc1c(C(=O)O)nnc2ccccc12. The zero-order chi connectivity index (χ0) is 13.8. The first-order chi connectivity index (χ1) is 9.13. The number of carbonyl (C=O) groups is 2. The molecule has 0 spiro atoms. The standard InChI is InChI=1S/C12H10N2O4S/c1-18-9(15)6-19-11-7-4-2-3-5-8(7)13-14-10(11)12(16)17/h2-5H,6H2,1H3,(H,16,17). The number of aromatic carboxylic acids is 1. The van der Waals surface area contributed by atoms with E-state index in [1.54, 1.807) is 24.3 Å². The van der Waals surface area contributed by atoms with Gasteiger partial charge in [0.2, 0.25) is 0 Å². The third kappa shape index (κ3) is 2.82. The molecule has 0 saturated heterocycles. The van der Waals surface area contributed by atoms with Crippen molar-refractivity contribution in [2.75, 3.05) is 12.9 Å². The highest BCUT2D eigenvalue weighted by molar-refractivity contribution is 8.00. The Kier molecular flexibility index (Phi) is 3.96. The van der Waals surface area contributed by atoms with E-state index in [9.17, 15) is 9.59 Å². The fraction of sp³-hybridized carbons (Fsp3) is 0.167. The molecule has 2 rings (SSSR count). The highest BCUT2D eigenvalue weighted by atomic mass is 32.2. The van der Waals surface area contributed by atoms with Crippen LogP contribution in [-0.4, -0.2) is 40.1 Å². The molecule has 19 heavy (non-hydrogen) atoms. The largest absolute Gasteiger partial charge is 0.476 e. The van der Waals surface area contributed by atoms with Gasteiger partial charge in [-0.15, -0.1) is 22.0 Å². The van der Waals surface area contributed by atoms with Crippen LogP contribution < -0.4 is 0 Å². The second-order valence-electron chi connectivity index (χ2n) is 3.56. The van der Waals surface area contributed by atoms with Crippen LogP contribution in [0, 0.1) is 0 Å². The minimum Gasteiger partial charge on any atom is -0.476 e. The topological polar surface area (TPSA) is 89.4 Å². The molecule has 0 amide bonds. The van der Waals surface area contributed by atoms with Gasteiger partial charge in [0, 0.05) is 5.39 Å². The van der Waals surface area contributed by atoms with Gasteiger partial charge in [-0.2, -0.15) is 0 Å². The van der Waals surface area contributed by atoms with Crippen molar-refractivity contribution in [3.8, 4) is 0 Å². The van der Waals surface area contributed by atoms with Crippen LogP contribution >= 0.6 is 11.8 Å². The molecule has 0 aliphatic heterocycles. The summed E-state index contributed by atoms with van der Waals surface area (Å²) >= 11 is 1.08. The number of benzene rings is 1. The van der Waals surface area contributed by atoms with Crippen molar-refractivity contribution in [2.24, 2.45) is 0 Å². The van der Waals surface area contributed by atoms with Crippen molar-refractivity contribution >= 4 is 34.6 Å². The van der Waals surface area contributed by atoms with E-state index in [-0.39, 0.29) is 11.4 Å². The van der Waals surface area contributed by atoms with Gasteiger partial charge in [-0.3, -0.25) is 4.79 Å². The second-order valence-corrected chi connectivity index (χ2v) is 4.55. The lowest BCUT2D eigenvalue weighted by atomic mass is 10.2. The summed E-state index contributed by atoms with van der Waals surface area (Å²) in [5.41, 5.74) is 0.424. The molecule has 2 aromatic rings. The van der Waals surface area contributed by atoms with Crippen LogP contribution in [0.5, 0.6) is 0 Å². The number of fused-ring (bicyclic) bond motifs is 1. The number of carbonyl (C=O) groups excluding carboxylic acids is 1. The summed E-state index contributed by atoms with van der Waals surface area (Å²) in [6, 6.07) is 7.04. The first-order valence-corrected chi connectivity index (χ1v) is 6.30. The van der Waals surface area contributed by atoms with Crippen LogP contribution in [0.3, 0.4) is 0 Å². The molecule has 0 radical (unpaired) electrons. The van der Waals surface area contributed by atoms with Crippen molar-refractivity contribution < 1.29 is 19.4 Å². The second kappa shape index (κ2) is 5.66. The van der Waals surface area contributed by atoms with E-state index in [0.717, 1.165) is 11.8 Å². The fourth-order valence-corrected chi connectivity index (χ4v) is 2.48. The van der Waals surface area contributed by atoms with Gasteiger partial charge in [0.1, 0.15) is 0 Å². The van der Waals surface area contributed by atoms with Crippen LogP contribution in [0.1, 0.15) is 10.5 Å². The number of hydrogen-bond donors (Lipinski definition) is 1. The van der Waals surface area contributed by atoms with E-state index in [4.69, 9.17) is 5.11 Å². The summed E-state index contributed by atoms with van der Waals surface area (Å²) in [7, 11) is 1.28. The Morgan fingerprint density at radius 2 is 2.05 bits per heavy atom. The Morgan fingerprint density at radius 1 is 1.32 bits per heavy atom. The van der Waals surface area contributed by atoms with E-state index in [1.165, 1.54) is 7.11 Å². The Balaban J connectivity index is 2.49. The molecule has 1 aromatic heterocycles. The van der Waals surface area contributed by atoms with Crippen molar-refractivity contribution in [2.45, 2.75) is 4.90 Å². The molecule has 1 N–H and O–H groups in total. The van der Waals surface area contributed by atoms with Crippen molar-refractivity contribution in [3.63, 3.8) is 0 Å². The molecule has 0 bridgehead atoms. The first-order valence-electron chi connectivity index (χ1n) is 5.32. The van der Waals surface area contributed by atoms with Gasteiger partial charge >= 0.3 is 11.9 Å². The van der Waals surface area contributed by atoms with E-state index < -0.39 is 11.9 Å². The molecule has 98 valence electrons. The van der Waals surface area contributed by atoms with Crippen LogP contribution in [-0.2, 0) is 9.53 Å². The fourth-order valence-electron chi connectivity index (χ4n) is 1.51. The lowest BCUT2D eigenvalue weighted by molar-refractivity contribution is -0.137. The monoisotopic (exact) mass is 278 g/mol. The molecule has 1 heterocycles. The molecule has 0 fully saturated rings. The number of carboxylic acid groups (broad SMARTS) is 1. The van der Waals surface area contributed by atoms with Gasteiger partial charge < -0.3 is 9.84 Å².